The zero-order chi connectivity index (χ0) is 19.8. The lowest BCUT2D eigenvalue weighted by atomic mass is 9.75. The van der Waals surface area contributed by atoms with E-state index in [1.165, 1.54) is 56.8 Å². The number of nitrogens with zero attached hydrogens (tertiary/aromatic N) is 1. The van der Waals surface area contributed by atoms with Crippen LogP contribution >= 0.6 is 11.6 Å². The van der Waals surface area contributed by atoms with E-state index in [4.69, 9.17) is 11.6 Å². The van der Waals surface area contributed by atoms with Crippen LogP contribution in [0.4, 0.5) is 13.2 Å². The molecule has 1 N–H and O–H groups in total. The molecule has 0 radical (unpaired) electrons. The molecular formula is C22H26ClF3N2. The molecule has 6 heteroatoms. The summed E-state index contributed by atoms with van der Waals surface area (Å²) >= 11 is 6.18. The monoisotopic (exact) mass is 410 g/mol. The van der Waals surface area contributed by atoms with Crippen molar-refractivity contribution >= 4 is 17.2 Å². The summed E-state index contributed by atoms with van der Waals surface area (Å²) in [4.78, 5) is 2.65. The molecule has 0 spiro atoms. The molecule has 0 aromatic heterocycles. The van der Waals surface area contributed by atoms with Crippen molar-refractivity contribution in [2.45, 2.75) is 50.2 Å². The van der Waals surface area contributed by atoms with Crippen LogP contribution in [0, 0.1) is 0 Å². The van der Waals surface area contributed by atoms with Gasteiger partial charge in [0.1, 0.15) is 0 Å². The molecule has 28 heavy (non-hydrogen) atoms. The van der Waals surface area contributed by atoms with E-state index in [-0.39, 0.29) is 0 Å². The first kappa shape index (κ1) is 20.0. The molecule has 1 saturated carbocycles. The van der Waals surface area contributed by atoms with Crippen molar-refractivity contribution < 1.29 is 13.2 Å². The summed E-state index contributed by atoms with van der Waals surface area (Å²) in [5, 5.41) is 3.98. The van der Waals surface area contributed by atoms with Crippen molar-refractivity contribution in [2.75, 3.05) is 26.2 Å². The van der Waals surface area contributed by atoms with Gasteiger partial charge in [-0.15, -0.1) is 0 Å². The normalized spacial score (nSPS) is 22.1. The van der Waals surface area contributed by atoms with Gasteiger partial charge in [0.25, 0.3) is 0 Å². The fraction of sp³-hybridized carbons (Fsp3) is 0.545. The van der Waals surface area contributed by atoms with Crippen LogP contribution in [0.2, 0.25) is 5.02 Å². The van der Waals surface area contributed by atoms with Gasteiger partial charge in [-0.05, 0) is 81.0 Å². The lowest BCUT2D eigenvalue weighted by Crippen LogP contribution is -2.58. The van der Waals surface area contributed by atoms with Gasteiger partial charge in [-0.1, -0.05) is 29.3 Å². The number of halogens is 4. The van der Waals surface area contributed by atoms with Gasteiger partial charge in [-0.3, -0.25) is 4.90 Å². The van der Waals surface area contributed by atoms with Crippen molar-refractivity contribution in [3.63, 3.8) is 0 Å². The summed E-state index contributed by atoms with van der Waals surface area (Å²) < 4.78 is 39.1. The van der Waals surface area contributed by atoms with Crippen LogP contribution in [0.25, 0.3) is 5.57 Å². The van der Waals surface area contributed by atoms with Gasteiger partial charge in [0.2, 0.25) is 0 Å². The topological polar surface area (TPSA) is 15.3 Å². The van der Waals surface area contributed by atoms with E-state index < -0.39 is 11.7 Å². The molecule has 0 amide bonds. The van der Waals surface area contributed by atoms with Crippen molar-refractivity contribution in [1.82, 2.24) is 10.2 Å². The smallest absolute Gasteiger partial charge is 0.311 e. The lowest BCUT2D eigenvalue weighted by molar-refractivity contribution is -0.137. The first-order valence-electron chi connectivity index (χ1n) is 10.1. The van der Waals surface area contributed by atoms with Gasteiger partial charge >= 0.3 is 6.18 Å². The Morgan fingerprint density at radius 2 is 1.82 bits per heavy atom. The first-order valence-corrected chi connectivity index (χ1v) is 10.5. The summed E-state index contributed by atoms with van der Waals surface area (Å²) in [7, 11) is 0. The third kappa shape index (κ3) is 4.03. The van der Waals surface area contributed by atoms with E-state index in [2.05, 4.69) is 10.2 Å². The van der Waals surface area contributed by atoms with Crippen LogP contribution < -0.4 is 5.32 Å². The van der Waals surface area contributed by atoms with Gasteiger partial charge in [-0.2, -0.15) is 13.2 Å². The summed E-state index contributed by atoms with van der Waals surface area (Å²) in [6.07, 6.45) is 6.65. The minimum atomic E-state index is -4.36. The Morgan fingerprint density at radius 3 is 2.46 bits per heavy atom. The average molecular weight is 411 g/mol. The minimum absolute atomic E-state index is 0.330. The highest BCUT2D eigenvalue weighted by molar-refractivity contribution is 6.32. The Bertz CT molecular complexity index is 787. The fourth-order valence-corrected chi connectivity index (χ4v) is 4.91. The van der Waals surface area contributed by atoms with E-state index in [0.29, 0.717) is 22.5 Å². The standard InChI is InChI=1S/C22H26ClF3N2/c23-20-7-6-18(22(24,25)26)13-19(20)17-5-4-16(12-17)14-27-15-21(8-3-9-21)28-10-1-2-11-28/h4-7,13,27H,1-3,8-12,14-15H2. The number of rotatable bonds is 6. The minimum Gasteiger partial charge on any atom is -0.311 e. The molecule has 2 fully saturated rings. The SMILES string of the molecule is FC(F)(F)c1ccc(Cl)c(C2=CC=C(CNCC3(N4CCCC4)CCC3)C2)c1. The Morgan fingerprint density at radius 1 is 1.07 bits per heavy atom. The summed E-state index contributed by atoms with van der Waals surface area (Å²) in [6, 6.07) is 3.54. The lowest BCUT2D eigenvalue weighted by Gasteiger charge is -2.49. The highest BCUT2D eigenvalue weighted by Gasteiger charge is 2.42. The van der Waals surface area contributed by atoms with Crippen LogP contribution in [0.1, 0.15) is 49.7 Å². The quantitative estimate of drug-likeness (QED) is 0.649. The summed E-state index contributed by atoms with van der Waals surface area (Å²) in [5.41, 5.74) is 2.20. The van der Waals surface area contributed by atoms with Crippen LogP contribution in [-0.4, -0.2) is 36.6 Å². The van der Waals surface area contributed by atoms with E-state index in [1.54, 1.807) is 0 Å². The summed E-state index contributed by atoms with van der Waals surface area (Å²) in [5.74, 6) is 0. The highest BCUT2D eigenvalue weighted by Crippen LogP contribution is 2.40. The summed E-state index contributed by atoms with van der Waals surface area (Å²) in [6.45, 7) is 4.18. The maximum Gasteiger partial charge on any atom is 0.416 e. The first-order chi connectivity index (χ1) is 13.4. The third-order valence-electron chi connectivity index (χ3n) is 6.44. The van der Waals surface area contributed by atoms with E-state index >= 15 is 0 Å². The second-order valence-electron chi connectivity index (χ2n) is 8.26. The van der Waals surface area contributed by atoms with E-state index in [1.807, 2.05) is 12.2 Å². The Hall–Kier alpha value is -1.30. The number of benzene rings is 1. The average Bonchev–Trinajstić information content (AvgIpc) is 3.29. The number of alkyl halides is 3. The van der Waals surface area contributed by atoms with Crippen molar-refractivity contribution in [3.8, 4) is 0 Å². The van der Waals surface area contributed by atoms with E-state index in [0.717, 1.165) is 30.8 Å². The number of hydrogen-bond donors (Lipinski definition) is 1. The fourth-order valence-electron chi connectivity index (χ4n) is 4.67. The molecule has 1 aliphatic heterocycles. The predicted octanol–water partition coefficient (Wildman–Crippen LogP) is 5.68. The van der Waals surface area contributed by atoms with Crippen molar-refractivity contribution in [3.05, 3.63) is 52.1 Å². The van der Waals surface area contributed by atoms with Crippen molar-refractivity contribution in [1.29, 1.82) is 0 Å². The van der Waals surface area contributed by atoms with Crippen LogP contribution in [-0.2, 0) is 6.18 Å². The van der Waals surface area contributed by atoms with Crippen molar-refractivity contribution in [2.24, 2.45) is 0 Å². The number of hydrogen-bond acceptors (Lipinski definition) is 2. The zero-order valence-corrected chi connectivity index (χ0v) is 16.7. The van der Waals surface area contributed by atoms with Crippen LogP contribution in [0.5, 0.6) is 0 Å². The number of nitrogens with one attached hydrogen (secondary N) is 1. The second kappa shape index (κ2) is 7.85. The molecule has 0 unspecified atom stereocenters. The van der Waals surface area contributed by atoms with Gasteiger partial charge < -0.3 is 5.32 Å². The van der Waals surface area contributed by atoms with Gasteiger partial charge in [-0.25, -0.2) is 0 Å². The number of likely N-dealkylation sites (tertiary alicyclic amines) is 1. The molecule has 1 aromatic carbocycles. The Kier molecular flexibility index (Phi) is 5.60. The Balaban J connectivity index is 1.33. The molecule has 0 atom stereocenters. The maximum atomic E-state index is 13.0. The molecule has 2 nitrogen and oxygen atoms in total. The van der Waals surface area contributed by atoms with Gasteiger partial charge in [0.05, 0.1) is 5.56 Å². The van der Waals surface area contributed by atoms with Crippen LogP contribution in [0.15, 0.2) is 35.9 Å². The predicted molar refractivity (Wildman–Crippen MR) is 107 cm³/mol. The molecule has 1 heterocycles. The largest absolute Gasteiger partial charge is 0.416 e. The second-order valence-corrected chi connectivity index (χ2v) is 8.67. The maximum absolute atomic E-state index is 13.0. The molecule has 1 saturated heterocycles. The van der Waals surface area contributed by atoms with Crippen LogP contribution in [0.3, 0.4) is 0 Å². The molecule has 0 bridgehead atoms. The molecule has 4 rings (SSSR count). The zero-order valence-electron chi connectivity index (χ0n) is 15.9. The molecule has 152 valence electrons. The van der Waals surface area contributed by atoms with Gasteiger partial charge in [0.15, 0.2) is 0 Å². The van der Waals surface area contributed by atoms with Gasteiger partial charge in [0, 0.05) is 23.7 Å². The molecule has 3 aliphatic rings. The number of allylic oxidation sites excluding steroid dienone is 3. The van der Waals surface area contributed by atoms with E-state index in [9.17, 15) is 13.2 Å². The third-order valence-corrected chi connectivity index (χ3v) is 6.77. The highest BCUT2D eigenvalue weighted by atomic mass is 35.5. The molecular weight excluding hydrogens is 385 g/mol. The molecule has 2 aliphatic carbocycles. The Labute approximate surface area is 169 Å². The molecule has 1 aromatic rings.